The number of hydrogen-bond acceptors (Lipinski definition) is 8. The van der Waals surface area contributed by atoms with Crippen LogP contribution in [0.1, 0.15) is 0 Å². The normalized spacial score (nSPS) is 11.9. The number of nitro benzene ring substituents is 1. The molecule has 0 fully saturated rings. The Morgan fingerprint density at radius 3 is 2.12 bits per heavy atom. The van der Waals surface area contributed by atoms with E-state index in [0.717, 1.165) is 0 Å². The predicted octanol–water partition coefficient (Wildman–Crippen LogP) is 1.01. The second-order valence-corrected chi connectivity index (χ2v) is 9.84. The lowest BCUT2D eigenvalue weighted by molar-refractivity contribution is -0.734. The molecule has 0 saturated heterocycles. The van der Waals surface area contributed by atoms with E-state index in [0.29, 0.717) is 11.4 Å². The minimum Gasteiger partial charge on any atom is -0.282 e. The van der Waals surface area contributed by atoms with E-state index in [1.807, 2.05) is 0 Å². The Hall–Kier alpha value is -4.05. The molecule has 0 atom stereocenters. The molecule has 1 aromatic heterocycles. The minimum atomic E-state index is -4.61. The predicted molar refractivity (Wildman–Crippen MR) is 116 cm³/mol. The Balaban J connectivity index is 1.93. The van der Waals surface area contributed by atoms with Crippen molar-refractivity contribution in [2.45, 2.75) is 9.79 Å². The van der Waals surface area contributed by atoms with Crippen molar-refractivity contribution in [2.75, 3.05) is 0 Å². The van der Waals surface area contributed by atoms with Crippen LogP contribution >= 0.6 is 0 Å². The lowest BCUT2D eigenvalue weighted by Crippen LogP contribution is -2.43. The molecule has 0 aliphatic rings. The van der Waals surface area contributed by atoms with Gasteiger partial charge in [0.05, 0.1) is 20.5 Å². The van der Waals surface area contributed by atoms with Crippen molar-refractivity contribution in [3.05, 3.63) is 82.9 Å². The average molecular weight is 503 g/mol. The molecule has 174 valence electrons. The van der Waals surface area contributed by atoms with Gasteiger partial charge in [0, 0.05) is 16.9 Å². The number of nitro groups is 1. The first-order chi connectivity index (χ1) is 15.9. The first-order valence-corrected chi connectivity index (χ1v) is 12.3. The molecular weight excluding hydrogens is 488 g/mol. The van der Waals surface area contributed by atoms with Gasteiger partial charge in [-0.15, -0.1) is 0 Å². The van der Waals surface area contributed by atoms with E-state index in [-0.39, 0.29) is 22.0 Å². The molecule has 4 rings (SSSR count). The Labute approximate surface area is 192 Å². The molecule has 1 heterocycles. The van der Waals surface area contributed by atoms with E-state index in [4.69, 9.17) is 5.14 Å². The molecule has 34 heavy (non-hydrogen) atoms. The summed E-state index contributed by atoms with van der Waals surface area (Å²) in [5.74, 6) is -0.0953. The van der Waals surface area contributed by atoms with Crippen molar-refractivity contribution in [1.29, 1.82) is 0 Å². The maximum Gasteiger partial charge on any atom is 0.341 e. The molecule has 13 nitrogen and oxygen atoms in total. The van der Waals surface area contributed by atoms with Gasteiger partial charge < -0.3 is 0 Å². The smallest absolute Gasteiger partial charge is 0.282 e. The van der Waals surface area contributed by atoms with Gasteiger partial charge in [0.25, 0.3) is 15.8 Å². The van der Waals surface area contributed by atoms with Gasteiger partial charge in [-0.3, -0.25) is 14.7 Å². The van der Waals surface area contributed by atoms with Crippen LogP contribution in [-0.4, -0.2) is 41.3 Å². The summed E-state index contributed by atoms with van der Waals surface area (Å²) in [6, 6.07) is 16.1. The third-order valence-corrected chi connectivity index (χ3v) is 6.49. The number of aromatic nitrogens is 4. The van der Waals surface area contributed by atoms with Crippen LogP contribution in [0.2, 0.25) is 0 Å². The van der Waals surface area contributed by atoms with Crippen molar-refractivity contribution in [2.24, 2.45) is 5.14 Å². The number of nitrogens with zero attached hydrogens (tertiary/aromatic N) is 5. The zero-order valence-electron chi connectivity index (χ0n) is 17.0. The fraction of sp³-hybridized carbons (Fsp3) is 0. The molecule has 0 aliphatic carbocycles. The Morgan fingerprint density at radius 1 is 0.941 bits per heavy atom. The summed E-state index contributed by atoms with van der Waals surface area (Å²) in [7, 11) is -8.55. The quantitative estimate of drug-likeness (QED) is 0.167. The highest BCUT2D eigenvalue weighted by Crippen LogP contribution is 2.24. The molecule has 0 radical (unpaired) electrons. The highest BCUT2D eigenvalue weighted by Gasteiger charge is 2.28. The number of rotatable bonds is 6. The second kappa shape index (κ2) is 8.38. The molecule has 3 N–H and O–H groups in total. The van der Waals surface area contributed by atoms with E-state index in [1.54, 1.807) is 0 Å². The van der Waals surface area contributed by atoms with Crippen molar-refractivity contribution in [1.82, 2.24) is 15.0 Å². The number of nitrogens with two attached hydrogens (primary N) is 1. The molecular formula is C19H15N6O7S2+. The van der Waals surface area contributed by atoms with Gasteiger partial charge in [0.1, 0.15) is 10.6 Å². The largest absolute Gasteiger partial charge is 0.341 e. The fourth-order valence-corrected chi connectivity index (χ4v) is 4.28. The SMILES string of the molecule is NS(=O)(=O)c1ccc(-n2nc(-c3ccccc3S(=O)(=O)O)n[n+]2-c2ccc([N+](=O)[O-])cc2)cc1. The highest BCUT2D eigenvalue weighted by molar-refractivity contribution is 7.89. The van der Waals surface area contributed by atoms with Gasteiger partial charge in [-0.25, -0.2) is 13.6 Å². The van der Waals surface area contributed by atoms with Crippen molar-refractivity contribution in [3.8, 4) is 22.8 Å². The monoisotopic (exact) mass is 503 g/mol. The Morgan fingerprint density at radius 2 is 1.56 bits per heavy atom. The zero-order chi connectivity index (χ0) is 24.7. The van der Waals surface area contributed by atoms with Crippen molar-refractivity contribution < 1.29 is 31.1 Å². The van der Waals surface area contributed by atoms with Crippen LogP contribution in [0, 0.1) is 10.1 Å². The molecule has 0 amide bonds. The van der Waals surface area contributed by atoms with E-state index < -0.39 is 30.0 Å². The molecule has 0 aliphatic heterocycles. The van der Waals surface area contributed by atoms with Crippen LogP contribution in [0.5, 0.6) is 0 Å². The zero-order valence-corrected chi connectivity index (χ0v) is 18.6. The third-order valence-electron chi connectivity index (χ3n) is 4.65. The third kappa shape index (κ3) is 4.53. The fourth-order valence-electron chi connectivity index (χ4n) is 3.08. The van der Waals surface area contributed by atoms with E-state index >= 15 is 0 Å². The lowest BCUT2D eigenvalue weighted by Gasteiger charge is -2.01. The Kier molecular flexibility index (Phi) is 5.70. The van der Waals surface area contributed by atoms with Crippen LogP contribution in [0.4, 0.5) is 5.69 Å². The minimum absolute atomic E-state index is 0.000526. The average Bonchev–Trinajstić information content (AvgIpc) is 3.23. The summed E-state index contributed by atoms with van der Waals surface area (Å²) in [6.45, 7) is 0. The summed E-state index contributed by atoms with van der Waals surface area (Å²) in [6.07, 6.45) is 0. The van der Waals surface area contributed by atoms with Crippen LogP contribution < -0.4 is 9.94 Å². The number of benzene rings is 3. The summed E-state index contributed by atoms with van der Waals surface area (Å²) in [5.41, 5.74) is 0.475. The molecule has 0 saturated carbocycles. The molecule has 0 unspecified atom stereocenters. The lowest BCUT2D eigenvalue weighted by atomic mass is 10.2. The first-order valence-electron chi connectivity index (χ1n) is 9.30. The topological polar surface area (TPSA) is 192 Å². The standard InChI is InChI=1S/C19H14N6O7S2/c20-33(28,29)16-11-9-14(10-12-16)24-22-19(17-3-1-2-4-18(17)34(30,31)32)21-23(24)13-5-7-15(8-6-13)25(26)27/h1-12H,(H2-,20,28,29,30,31,32)/p+1. The van der Waals surface area contributed by atoms with Gasteiger partial charge in [-0.1, -0.05) is 12.1 Å². The molecule has 0 spiro atoms. The summed E-state index contributed by atoms with van der Waals surface area (Å²) in [4.78, 5) is 12.3. The Bertz CT molecular complexity index is 1610. The van der Waals surface area contributed by atoms with Gasteiger partial charge in [0.2, 0.25) is 10.0 Å². The first kappa shape index (κ1) is 23.1. The maximum atomic E-state index is 11.8. The second-order valence-electron chi connectivity index (χ2n) is 6.89. The van der Waals surface area contributed by atoms with Crippen LogP contribution in [0.15, 0.2) is 82.6 Å². The van der Waals surface area contributed by atoms with Crippen molar-refractivity contribution in [3.63, 3.8) is 0 Å². The highest BCUT2D eigenvalue weighted by atomic mass is 32.2. The van der Waals surface area contributed by atoms with Crippen LogP contribution in [-0.2, 0) is 20.1 Å². The van der Waals surface area contributed by atoms with Crippen LogP contribution in [0.25, 0.3) is 22.8 Å². The summed E-state index contributed by atoms with van der Waals surface area (Å²) in [5, 5.41) is 24.8. The summed E-state index contributed by atoms with van der Waals surface area (Å²) >= 11 is 0. The van der Waals surface area contributed by atoms with Gasteiger partial charge in [-0.05, 0) is 58.4 Å². The molecule has 4 aromatic rings. The maximum absolute atomic E-state index is 11.8. The van der Waals surface area contributed by atoms with Gasteiger partial charge in [0.15, 0.2) is 5.69 Å². The molecule has 15 heteroatoms. The van der Waals surface area contributed by atoms with Crippen LogP contribution in [0.3, 0.4) is 0 Å². The number of tetrazole rings is 1. The van der Waals surface area contributed by atoms with Gasteiger partial charge >= 0.3 is 5.82 Å². The van der Waals surface area contributed by atoms with Gasteiger partial charge in [-0.2, -0.15) is 8.42 Å². The van der Waals surface area contributed by atoms with E-state index in [1.165, 1.54) is 82.4 Å². The molecule has 3 aromatic carbocycles. The van der Waals surface area contributed by atoms with E-state index in [2.05, 4.69) is 10.2 Å². The number of primary sulfonamides is 1. The molecule has 0 bridgehead atoms. The van der Waals surface area contributed by atoms with Crippen molar-refractivity contribution >= 4 is 25.8 Å². The number of hydrogen-bond donors (Lipinski definition) is 2. The number of sulfonamides is 1. The number of non-ortho nitro benzene ring substituents is 1. The van der Waals surface area contributed by atoms with E-state index in [9.17, 15) is 31.5 Å². The summed E-state index contributed by atoms with van der Waals surface area (Å²) < 4.78 is 56.4.